The molecule has 7 nitrogen and oxygen atoms in total. The van der Waals surface area contributed by atoms with Gasteiger partial charge in [0.1, 0.15) is 5.84 Å². The van der Waals surface area contributed by atoms with Crippen LogP contribution in [-0.2, 0) is 9.59 Å². The van der Waals surface area contributed by atoms with Crippen molar-refractivity contribution in [3.63, 3.8) is 0 Å². The molecule has 1 heterocycles. The monoisotopic (exact) mass is 335 g/mol. The summed E-state index contributed by atoms with van der Waals surface area (Å²) in [6, 6.07) is 6.97. The molecule has 0 aliphatic carbocycles. The minimum Gasteiger partial charge on any atom is -0.384 e. The Morgan fingerprint density at radius 1 is 1.26 bits per heavy atom. The molecule has 2 amide bonds. The van der Waals surface area contributed by atoms with E-state index in [0.717, 1.165) is 24.6 Å². The lowest BCUT2D eigenvalue weighted by atomic mass is 10.2. The highest BCUT2D eigenvalue weighted by molar-refractivity contribution is 7.99. The molecule has 1 aromatic carbocycles. The lowest BCUT2D eigenvalue weighted by molar-refractivity contribution is -0.132. The Morgan fingerprint density at radius 2 is 2.00 bits per heavy atom. The molecule has 1 aliphatic heterocycles. The van der Waals surface area contributed by atoms with E-state index in [4.69, 9.17) is 11.1 Å². The predicted molar refractivity (Wildman–Crippen MR) is 92.9 cm³/mol. The molecular formula is C15H21N5O2S. The van der Waals surface area contributed by atoms with Crippen molar-refractivity contribution < 1.29 is 9.59 Å². The van der Waals surface area contributed by atoms with E-state index in [9.17, 15) is 9.59 Å². The SMILES string of the molecule is N=C(N)c1cccc(NCC(=O)NCC(=O)N2CCSCC2)c1. The molecule has 0 saturated carbocycles. The van der Waals surface area contributed by atoms with Gasteiger partial charge in [0.15, 0.2) is 0 Å². The summed E-state index contributed by atoms with van der Waals surface area (Å²) in [6.45, 7) is 1.58. The zero-order chi connectivity index (χ0) is 16.7. The number of amides is 2. The summed E-state index contributed by atoms with van der Waals surface area (Å²) in [4.78, 5) is 25.5. The van der Waals surface area contributed by atoms with E-state index >= 15 is 0 Å². The molecule has 0 bridgehead atoms. The lowest BCUT2D eigenvalue weighted by Gasteiger charge is -2.26. The van der Waals surface area contributed by atoms with Gasteiger partial charge in [0.05, 0.1) is 13.1 Å². The number of rotatable bonds is 6. The summed E-state index contributed by atoms with van der Waals surface area (Å²) in [5.74, 6) is 1.58. The Hall–Kier alpha value is -2.22. The topological polar surface area (TPSA) is 111 Å². The van der Waals surface area contributed by atoms with Crippen LogP contribution in [0.4, 0.5) is 5.69 Å². The number of hydrogen-bond acceptors (Lipinski definition) is 5. The van der Waals surface area contributed by atoms with Crippen molar-refractivity contribution in [1.29, 1.82) is 5.41 Å². The second-order valence-electron chi connectivity index (χ2n) is 5.12. The number of amidine groups is 1. The molecule has 1 fully saturated rings. The molecule has 1 aromatic rings. The second kappa shape index (κ2) is 8.42. The van der Waals surface area contributed by atoms with Gasteiger partial charge in [0.2, 0.25) is 11.8 Å². The summed E-state index contributed by atoms with van der Waals surface area (Å²) in [5, 5.41) is 13.0. The third kappa shape index (κ3) is 5.48. The maximum absolute atomic E-state index is 11.9. The third-order valence-electron chi connectivity index (χ3n) is 3.43. The van der Waals surface area contributed by atoms with Gasteiger partial charge in [-0.2, -0.15) is 11.8 Å². The number of hydrogen-bond donors (Lipinski definition) is 4. The first-order valence-electron chi connectivity index (χ1n) is 7.37. The first kappa shape index (κ1) is 17.1. The molecule has 0 unspecified atom stereocenters. The molecule has 23 heavy (non-hydrogen) atoms. The number of thioether (sulfide) groups is 1. The second-order valence-corrected chi connectivity index (χ2v) is 6.34. The van der Waals surface area contributed by atoms with Crippen LogP contribution in [-0.4, -0.2) is 60.2 Å². The van der Waals surface area contributed by atoms with E-state index in [-0.39, 0.29) is 30.7 Å². The Labute approximate surface area is 139 Å². The molecule has 5 N–H and O–H groups in total. The molecule has 1 aliphatic rings. The molecule has 2 rings (SSSR count). The minimum atomic E-state index is -0.252. The van der Waals surface area contributed by atoms with Gasteiger partial charge in [-0.05, 0) is 12.1 Å². The number of carbonyl (C=O) groups excluding carboxylic acids is 2. The Bertz CT molecular complexity index is 587. The Morgan fingerprint density at radius 3 is 2.70 bits per heavy atom. The first-order valence-corrected chi connectivity index (χ1v) is 8.52. The number of nitrogens with two attached hydrogens (primary N) is 1. The van der Waals surface area contributed by atoms with Gasteiger partial charge in [-0.25, -0.2) is 0 Å². The lowest BCUT2D eigenvalue weighted by Crippen LogP contribution is -2.44. The molecule has 0 radical (unpaired) electrons. The van der Waals surface area contributed by atoms with Gasteiger partial charge in [0, 0.05) is 35.8 Å². The fourth-order valence-electron chi connectivity index (χ4n) is 2.14. The smallest absolute Gasteiger partial charge is 0.242 e. The molecule has 0 aromatic heterocycles. The van der Waals surface area contributed by atoms with Crippen molar-refractivity contribution in [3.05, 3.63) is 29.8 Å². The van der Waals surface area contributed by atoms with E-state index in [1.54, 1.807) is 29.2 Å². The third-order valence-corrected chi connectivity index (χ3v) is 4.37. The van der Waals surface area contributed by atoms with E-state index < -0.39 is 0 Å². The van der Waals surface area contributed by atoms with Crippen molar-refractivity contribution in [2.24, 2.45) is 5.73 Å². The summed E-state index contributed by atoms with van der Waals surface area (Å²) in [5.41, 5.74) is 6.72. The molecule has 1 saturated heterocycles. The zero-order valence-corrected chi connectivity index (χ0v) is 13.6. The average Bonchev–Trinajstić information content (AvgIpc) is 2.58. The Balaban J connectivity index is 1.73. The maximum atomic E-state index is 11.9. The van der Waals surface area contributed by atoms with E-state index in [1.807, 2.05) is 11.8 Å². The van der Waals surface area contributed by atoms with Crippen molar-refractivity contribution in [2.75, 3.05) is 43.0 Å². The highest BCUT2D eigenvalue weighted by Crippen LogP contribution is 2.10. The molecule has 8 heteroatoms. The van der Waals surface area contributed by atoms with Crippen molar-refractivity contribution in [2.45, 2.75) is 0 Å². The summed E-state index contributed by atoms with van der Waals surface area (Å²) in [6.07, 6.45) is 0. The van der Waals surface area contributed by atoms with E-state index in [0.29, 0.717) is 11.3 Å². The van der Waals surface area contributed by atoms with Crippen LogP contribution < -0.4 is 16.4 Å². The van der Waals surface area contributed by atoms with Crippen LogP contribution in [0.5, 0.6) is 0 Å². The maximum Gasteiger partial charge on any atom is 0.242 e. The van der Waals surface area contributed by atoms with E-state index in [2.05, 4.69) is 10.6 Å². The number of nitrogens with one attached hydrogen (secondary N) is 3. The molecule has 0 spiro atoms. The zero-order valence-electron chi connectivity index (χ0n) is 12.8. The number of benzene rings is 1. The minimum absolute atomic E-state index is 0.0246. The van der Waals surface area contributed by atoms with Crippen LogP contribution in [0.25, 0.3) is 0 Å². The fourth-order valence-corrected chi connectivity index (χ4v) is 3.04. The van der Waals surface area contributed by atoms with E-state index in [1.165, 1.54) is 0 Å². The molecule has 124 valence electrons. The largest absolute Gasteiger partial charge is 0.384 e. The van der Waals surface area contributed by atoms with Crippen LogP contribution in [0.2, 0.25) is 0 Å². The van der Waals surface area contributed by atoms with Crippen LogP contribution in [0.15, 0.2) is 24.3 Å². The van der Waals surface area contributed by atoms with Gasteiger partial charge in [-0.1, -0.05) is 12.1 Å². The summed E-state index contributed by atoms with van der Waals surface area (Å²) >= 11 is 1.83. The molecule has 0 atom stereocenters. The standard InChI is InChI=1S/C15H21N5O2S/c16-15(17)11-2-1-3-12(8-11)18-9-13(21)19-10-14(22)20-4-6-23-7-5-20/h1-3,8,18H,4-7,9-10H2,(H3,16,17)(H,19,21). The molecular weight excluding hydrogens is 314 g/mol. The van der Waals surface area contributed by atoms with Gasteiger partial charge >= 0.3 is 0 Å². The van der Waals surface area contributed by atoms with Gasteiger partial charge in [-0.3, -0.25) is 15.0 Å². The van der Waals surface area contributed by atoms with Crippen LogP contribution >= 0.6 is 11.8 Å². The number of nitrogens with zero attached hydrogens (tertiary/aromatic N) is 1. The van der Waals surface area contributed by atoms with Crippen molar-refractivity contribution in [3.8, 4) is 0 Å². The van der Waals surface area contributed by atoms with Crippen LogP contribution in [0, 0.1) is 5.41 Å². The quantitative estimate of drug-likeness (QED) is 0.434. The predicted octanol–water partition coefficient (Wildman–Crippen LogP) is 0.0742. The van der Waals surface area contributed by atoms with Crippen LogP contribution in [0.1, 0.15) is 5.56 Å². The summed E-state index contributed by atoms with van der Waals surface area (Å²) in [7, 11) is 0. The summed E-state index contributed by atoms with van der Waals surface area (Å²) < 4.78 is 0. The highest BCUT2D eigenvalue weighted by Gasteiger charge is 2.16. The normalized spacial score (nSPS) is 14.2. The van der Waals surface area contributed by atoms with Gasteiger partial charge in [-0.15, -0.1) is 0 Å². The average molecular weight is 335 g/mol. The van der Waals surface area contributed by atoms with Crippen molar-refractivity contribution >= 4 is 35.1 Å². The number of nitrogen functional groups attached to an aromatic ring is 1. The van der Waals surface area contributed by atoms with Gasteiger partial charge in [0.25, 0.3) is 0 Å². The first-order chi connectivity index (χ1) is 11.1. The van der Waals surface area contributed by atoms with Crippen molar-refractivity contribution in [1.82, 2.24) is 10.2 Å². The fraction of sp³-hybridized carbons (Fsp3) is 0.400. The highest BCUT2D eigenvalue weighted by atomic mass is 32.2. The Kier molecular flexibility index (Phi) is 6.28. The number of carbonyl (C=O) groups is 2. The number of anilines is 1. The van der Waals surface area contributed by atoms with Crippen LogP contribution in [0.3, 0.4) is 0 Å². The van der Waals surface area contributed by atoms with Gasteiger partial charge < -0.3 is 21.3 Å².